The van der Waals surface area contributed by atoms with Gasteiger partial charge in [0.1, 0.15) is 12.0 Å². The molecule has 0 spiro atoms. The first-order chi connectivity index (χ1) is 12.2. The molecule has 0 radical (unpaired) electrons. The molecule has 0 saturated heterocycles. The fourth-order valence-corrected chi connectivity index (χ4v) is 3.33. The van der Waals surface area contributed by atoms with E-state index in [1.807, 2.05) is 54.6 Å². The minimum absolute atomic E-state index is 0.00844. The molecule has 0 bridgehead atoms. The average Bonchev–Trinajstić information content (AvgIpc) is 2.64. The van der Waals surface area contributed by atoms with Crippen molar-refractivity contribution >= 4 is 28.6 Å². The predicted molar refractivity (Wildman–Crippen MR) is 112 cm³/mol. The van der Waals surface area contributed by atoms with Crippen LogP contribution in [0.15, 0.2) is 54.6 Å². The van der Waals surface area contributed by atoms with Gasteiger partial charge in [-0.1, -0.05) is 69.2 Å². The van der Waals surface area contributed by atoms with Gasteiger partial charge in [-0.05, 0) is 65.1 Å². The fourth-order valence-electron chi connectivity index (χ4n) is 2.97. The van der Waals surface area contributed by atoms with Gasteiger partial charge in [0.2, 0.25) is 0 Å². The summed E-state index contributed by atoms with van der Waals surface area (Å²) in [4.78, 5) is 13.0. The van der Waals surface area contributed by atoms with Crippen LogP contribution in [0.3, 0.4) is 0 Å². The second-order valence-corrected chi connectivity index (χ2v) is 7.60. The molecule has 2 aromatic carbocycles. The molecule has 0 heterocycles. The fraction of sp³-hybridized carbons (Fsp3) is 0.409. The smallest absolute Gasteiger partial charge is 0.318 e. The highest BCUT2D eigenvalue weighted by Gasteiger charge is 2.26. The highest BCUT2D eigenvalue weighted by Crippen LogP contribution is 2.28. The lowest BCUT2D eigenvalue weighted by Crippen LogP contribution is -2.23. The summed E-state index contributed by atoms with van der Waals surface area (Å²) >= 11 is 2.28. The predicted octanol–water partition coefficient (Wildman–Crippen LogP) is 6.33. The summed E-state index contributed by atoms with van der Waals surface area (Å²) in [7, 11) is 0. The van der Waals surface area contributed by atoms with Crippen LogP contribution in [0.5, 0.6) is 0 Å². The van der Waals surface area contributed by atoms with E-state index in [1.165, 1.54) is 12.8 Å². The molecule has 2 rings (SSSR count). The second-order valence-electron chi connectivity index (χ2n) is 6.36. The van der Waals surface area contributed by atoms with Crippen molar-refractivity contribution in [3.8, 4) is 0 Å². The van der Waals surface area contributed by atoms with Crippen LogP contribution in [0.4, 0.5) is 0 Å². The van der Waals surface area contributed by atoms with E-state index in [0.29, 0.717) is 0 Å². The molecule has 0 aliphatic rings. The minimum Gasteiger partial charge on any atom is -0.462 e. The average molecular weight is 450 g/mol. The van der Waals surface area contributed by atoms with Crippen LogP contribution in [0.2, 0.25) is 0 Å². The number of unbranched alkanes of at least 4 members (excludes halogenated alkanes) is 2. The molecule has 0 saturated carbocycles. The number of benzene rings is 2. The van der Waals surface area contributed by atoms with E-state index in [1.54, 1.807) is 0 Å². The summed E-state index contributed by atoms with van der Waals surface area (Å²) in [5.41, 5.74) is 1.97. The third kappa shape index (κ3) is 6.14. The van der Waals surface area contributed by atoms with Crippen molar-refractivity contribution in [2.75, 3.05) is 0 Å². The van der Waals surface area contributed by atoms with Gasteiger partial charge in [-0.3, -0.25) is 4.79 Å². The monoisotopic (exact) mass is 450 g/mol. The first-order valence-corrected chi connectivity index (χ1v) is 10.2. The molecule has 2 unspecified atom stereocenters. The largest absolute Gasteiger partial charge is 0.462 e. The van der Waals surface area contributed by atoms with Crippen LogP contribution in [0.25, 0.3) is 0 Å². The Kier molecular flexibility index (Phi) is 8.45. The Hall–Kier alpha value is -1.36. The molecule has 0 amide bonds. The highest BCUT2D eigenvalue weighted by molar-refractivity contribution is 14.1. The molecule has 2 aromatic rings. The van der Waals surface area contributed by atoms with Crippen molar-refractivity contribution in [1.82, 2.24) is 0 Å². The molecule has 2 nitrogen and oxygen atoms in total. The summed E-state index contributed by atoms with van der Waals surface area (Å²) in [6.45, 7) is 4.28. The number of esters is 1. The Morgan fingerprint density at radius 2 is 1.60 bits per heavy atom. The van der Waals surface area contributed by atoms with Gasteiger partial charge in [0.15, 0.2) is 0 Å². The summed E-state index contributed by atoms with van der Waals surface area (Å²) in [5.74, 6) is -0.505. The minimum atomic E-state index is -0.363. The Bertz CT molecular complexity index is 637. The van der Waals surface area contributed by atoms with Crippen LogP contribution in [0, 0.1) is 3.57 Å². The van der Waals surface area contributed by atoms with E-state index in [-0.39, 0.29) is 18.0 Å². The Balaban J connectivity index is 2.19. The van der Waals surface area contributed by atoms with Crippen molar-refractivity contribution in [2.24, 2.45) is 0 Å². The van der Waals surface area contributed by atoms with Gasteiger partial charge in [0.25, 0.3) is 0 Å². The van der Waals surface area contributed by atoms with Crippen molar-refractivity contribution in [1.29, 1.82) is 0 Å². The third-order valence-electron chi connectivity index (χ3n) is 4.44. The van der Waals surface area contributed by atoms with Gasteiger partial charge < -0.3 is 4.74 Å². The summed E-state index contributed by atoms with van der Waals surface area (Å²) < 4.78 is 7.07. The molecular weight excluding hydrogens is 423 g/mol. The summed E-state index contributed by atoms with van der Waals surface area (Å²) in [6.07, 6.45) is 5.30. The summed E-state index contributed by atoms with van der Waals surface area (Å²) in [5, 5.41) is 0. The van der Waals surface area contributed by atoms with Gasteiger partial charge in [0.05, 0.1) is 0 Å². The molecule has 2 atom stereocenters. The summed E-state index contributed by atoms with van der Waals surface area (Å²) in [6, 6.07) is 18.1. The molecule has 3 heteroatoms. The van der Waals surface area contributed by atoms with Gasteiger partial charge >= 0.3 is 5.97 Å². The van der Waals surface area contributed by atoms with Crippen molar-refractivity contribution < 1.29 is 9.53 Å². The molecule has 0 aliphatic carbocycles. The van der Waals surface area contributed by atoms with E-state index in [2.05, 4.69) is 36.4 Å². The number of rotatable bonds is 9. The lowest BCUT2D eigenvalue weighted by molar-refractivity contribution is -0.150. The maximum atomic E-state index is 13.0. The quantitative estimate of drug-likeness (QED) is 0.254. The van der Waals surface area contributed by atoms with Crippen LogP contribution in [-0.2, 0) is 9.53 Å². The number of halogens is 1. The van der Waals surface area contributed by atoms with Gasteiger partial charge in [-0.2, -0.15) is 0 Å². The van der Waals surface area contributed by atoms with Crippen molar-refractivity contribution in [3.63, 3.8) is 0 Å². The van der Waals surface area contributed by atoms with E-state index in [0.717, 1.165) is 34.0 Å². The molecular formula is C22H27IO2. The Labute approximate surface area is 165 Å². The van der Waals surface area contributed by atoms with Crippen molar-refractivity contribution in [3.05, 3.63) is 69.3 Å². The zero-order valence-corrected chi connectivity index (χ0v) is 17.2. The highest BCUT2D eigenvalue weighted by atomic mass is 127. The Morgan fingerprint density at radius 1 is 0.960 bits per heavy atom. The zero-order valence-electron chi connectivity index (χ0n) is 15.1. The normalized spacial score (nSPS) is 13.2. The van der Waals surface area contributed by atoms with E-state index < -0.39 is 0 Å². The van der Waals surface area contributed by atoms with Crippen LogP contribution in [-0.4, -0.2) is 12.1 Å². The number of hydrogen-bond acceptors (Lipinski definition) is 2. The standard InChI is InChI=1S/C22H27IO2/c1-3-5-7-12-20(4-2)25-22(24)21(17-10-8-6-9-11-17)18-13-15-19(23)16-14-18/h6,8-11,13-16,20-21H,3-5,7,12H2,1-2H3. The first kappa shape index (κ1) is 20.0. The van der Waals surface area contributed by atoms with Gasteiger partial charge in [0, 0.05) is 3.57 Å². The van der Waals surface area contributed by atoms with Crippen molar-refractivity contribution in [2.45, 2.75) is 58.0 Å². The SMILES string of the molecule is CCCCCC(CC)OC(=O)C(c1ccccc1)c1ccc(I)cc1. The molecule has 0 aliphatic heterocycles. The number of hydrogen-bond donors (Lipinski definition) is 0. The third-order valence-corrected chi connectivity index (χ3v) is 5.16. The molecule has 0 fully saturated rings. The number of carbonyl (C=O) groups is 1. The number of carbonyl (C=O) groups excluding carboxylic acids is 1. The second kappa shape index (κ2) is 10.6. The van der Waals surface area contributed by atoms with Crippen LogP contribution in [0.1, 0.15) is 63.0 Å². The van der Waals surface area contributed by atoms with Crippen LogP contribution >= 0.6 is 22.6 Å². The zero-order chi connectivity index (χ0) is 18.1. The van der Waals surface area contributed by atoms with E-state index in [9.17, 15) is 4.79 Å². The lowest BCUT2D eigenvalue weighted by Gasteiger charge is -2.22. The maximum absolute atomic E-state index is 13.0. The maximum Gasteiger partial charge on any atom is 0.318 e. The number of ether oxygens (including phenoxy) is 1. The van der Waals surface area contributed by atoms with E-state index in [4.69, 9.17) is 4.74 Å². The molecule has 0 aromatic heterocycles. The topological polar surface area (TPSA) is 26.3 Å². The van der Waals surface area contributed by atoms with Gasteiger partial charge in [-0.15, -0.1) is 0 Å². The lowest BCUT2D eigenvalue weighted by atomic mass is 9.91. The molecule has 25 heavy (non-hydrogen) atoms. The molecule has 0 N–H and O–H groups in total. The van der Waals surface area contributed by atoms with Gasteiger partial charge in [-0.25, -0.2) is 0 Å². The van der Waals surface area contributed by atoms with E-state index >= 15 is 0 Å². The Morgan fingerprint density at radius 3 is 2.20 bits per heavy atom. The van der Waals surface area contributed by atoms with Crippen LogP contribution < -0.4 is 0 Å². The first-order valence-electron chi connectivity index (χ1n) is 9.16. The molecule has 134 valence electrons.